The minimum atomic E-state index is -0.0880. The molecule has 1 amide bonds. The number of nitrogens with zero attached hydrogens (tertiary/aromatic N) is 2. The van der Waals surface area contributed by atoms with Crippen molar-refractivity contribution in [3.8, 4) is 0 Å². The van der Waals surface area contributed by atoms with Crippen LogP contribution < -0.4 is 10.9 Å². The van der Waals surface area contributed by atoms with Crippen molar-refractivity contribution in [3.05, 3.63) is 56.4 Å². The van der Waals surface area contributed by atoms with Gasteiger partial charge in [-0.1, -0.05) is 12.1 Å². The molecular formula is C20H19N3O2S. The third kappa shape index (κ3) is 2.76. The maximum atomic E-state index is 12.9. The SMILES string of the molecule is CC(=O)Nc1ccc(C=C2CCn3c2nc2sc(C)c(C)c2c3=O)cc1. The van der Waals surface area contributed by atoms with Gasteiger partial charge in [0.1, 0.15) is 10.7 Å². The molecule has 0 bridgehead atoms. The Hall–Kier alpha value is -2.73. The van der Waals surface area contributed by atoms with Gasteiger partial charge in [0.15, 0.2) is 0 Å². The van der Waals surface area contributed by atoms with Crippen molar-refractivity contribution < 1.29 is 4.79 Å². The lowest BCUT2D eigenvalue weighted by Crippen LogP contribution is -2.20. The maximum absolute atomic E-state index is 12.9. The molecule has 0 radical (unpaired) electrons. The summed E-state index contributed by atoms with van der Waals surface area (Å²) >= 11 is 1.58. The number of thiophene rings is 1. The van der Waals surface area contributed by atoms with Crippen LogP contribution in [0, 0.1) is 13.8 Å². The average Bonchev–Trinajstić information content (AvgIpc) is 3.11. The number of nitrogens with one attached hydrogen (secondary N) is 1. The number of carbonyl (C=O) groups is 1. The molecule has 0 saturated carbocycles. The lowest BCUT2D eigenvalue weighted by atomic mass is 10.1. The van der Waals surface area contributed by atoms with Crippen LogP contribution in [0.1, 0.15) is 35.2 Å². The third-order valence-electron chi connectivity index (χ3n) is 4.75. The number of aromatic nitrogens is 2. The number of allylic oxidation sites excluding steroid dienone is 1. The Balaban J connectivity index is 1.75. The predicted molar refractivity (Wildman–Crippen MR) is 107 cm³/mol. The van der Waals surface area contributed by atoms with Gasteiger partial charge in [-0.2, -0.15) is 0 Å². The molecule has 0 aliphatic carbocycles. The smallest absolute Gasteiger partial charge is 0.262 e. The molecule has 0 saturated heterocycles. The second kappa shape index (κ2) is 6.21. The van der Waals surface area contributed by atoms with Crippen LogP contribution in [0.15, 0.2) is 29.1 Å². The third-order valence-corrected chi connectivity index (χ3v) is 5.85. The van der Waals surface area contributed by atoms with Crippen LogP contribution in [0.5, 0.6) is 0 Å². The van der Waals surface area contributed by atoms with E-state index in [9.17, 15) is 9.59 Å². The lowest BCUT2D eigenvalue weighted by Gasteiger charge is -2.04. The van der Waals surface area contributed by atoms with Crippen LogP contribution >= 0.6 is 11.3 Å². The van der Waals surface area contributed by atoms with E-state index in [-0.39, 0.29) is 11.5 Å². The van der Waals surface area contributed by atoms with Crippen LogP contribution in [-0.4, -0.2) is 15.5 Å². The average molecular weight is 365 g/mol. The Kier molecular flexibility index (Phi) is 4.00. The maximum Gasteiger partial charge on any atom is 0.262 e. The Morgan fingerprint density at radius 1 is 1.27 bits per heavy atom. The van der Waals surface area contributed by atoms with Gasteiger partial charge in [-0.05, 0) is 55.2 Å². The molecule has 4 rings (SSSR count). The van der Waals surface area contributed by atoms with Crippen molar-refractivity contribution >= 4 is 44.8 Å². The molecule has 1 N–H and O–H groups in total. The summed E-state index contributed by atoms with van der Waals surface area (Å²) in [6.45, 7) is 6.18. The molecule has 132 valence electrons. The van der Waals surface area contributed by atoms with Crippen molar-refractivity contribution in [1.82, 2.24) is 9.55 Å². The summed E-state index contributed by atoms with van der Waals surface area (Å²) in [5, 5.41) is 3.52. The highest BCUT2D eigenvalue weighted by molar-refractivity contribution is 7.18. The normalized spacial score (nSPS) is 14.8. The quantitative estimate of drug-likeness (QED) is 0.747. The monoisotopic (exact) mass is 365 g/mol. The van der Waals surface area contributed by atoms with Crippen molar-refractivity contribution in [2.45, 2.75) is 33.7 Å². The van der Waals surface area contributed by atoms with Gasteiger partial charge in [0.05, 0.1) is 5.39 Å². The number of hydrogen-bond donors (Lipinski definition) is 1. The molecule has 0 atom stereocenters. The van der Waals surface area contributed by atoms with Gasteiger partial charge in [0, 0.05) is 24.0 Å². The molecule has 0 spiro atoms. The summed E-state index contributed by atoms with van der Waals surface area (Å²) < 4.78 is 1.79. The van der Waals surface area contributed by atoms with E-state index in [0.717, 1.165) is 49.7 Å². The van der Waals surface area contributed by atoms with Gasteiger partial charge in [-0.25, -0.2) is 4.98 Å². The first-order chi connectivity index (χ1) is 12.4. The number of amides is 1. The number of anilines is 1. The molecule has 2 aromatic heterocycles. The molecule has 1 aliphatic rings. The van der Waals surface area contributed by atoms with Crippen LogP contribution in [0.4, 0.5) is 5.69 Å². The van der Waals surface area contributed by atoms with Crippen molar-refractivity contribution in [3.63, 3.8) is 0 Å². The van der Waals surface area contributed by atoms with E-state index in [1.165, 1.54) is 6.92 Å². The highest BCUT2D eigenvalue weighted by Gasteiger charge is 2.23. The summed E-state index contributed by atoms with van der Waals surface area (Å²) in [6.07, 6.45) is 2.87. The first-order valence-corrected chi connectivity index (χ1v) is 9.35. The number of carbonyl (C=O) groups excluding carboxylic acids is 1. The molecule has 1 aromatic carbocycles. The van der Waals surface area contributed by atoms with Gasteiger partial charge < -0.3 is 5.32 Å². The van der Waals surface area contributed by atoms with E-state index >= 15 is 0 Å². The van der Waals surface area contributed by atoms with E-state index in [1.54, 1.807) is 15.9 Å². The van der Waals surface area contributed by atoms with Gasteiger partial charge in [-0.3, -0.25) is 14.2 Å². The standard InChI is InChI=1S/C20H19N3O2S/c1-11-12(2)26-19-17(11)20(25)23-9-8-15(18(23)22-19)10-14-4-6-16(7-5-14)21-13(3)24/h4-7,10H,8-9H2,1-3H3,(H,21,24). The van der Waals surface area contributed by atoms with Crippen LogP contribution in [-0.2, 0) is 11.3 Å². The minimum Gasteiger partial charge on any atom is -0.326 e. The van der Waals surface area contributed by atoms with Crippen LogP contribution in [0.2, 0.25) is 0 Å². The van der Waals surface area contributed by atoms with E-state index < -0.39 is 0 Å². The van der Waals surface area contributed by atoms with Crippen molar-refractivity contribution in [1.29, 1.82) is 0 Å². The first-order valence-electron chi connectivity index (χ1n) is 8.53. The molecule has 3 aromatic rings. The Bertz CT molecular complexity index is 1120. The number of hydrogen-bond acceptors (Lipinski definition) is 4. The summed E-state index contributed by atoms with van der Waals surface area (Å²) in [5.74, 6) is 0.685. The Morgan fingerprint density at radius 2 is 2.00 bits per heavy atom. The summed E-state index contributed by atoms with van der Waals surface area (Å²) in [6, 6.07) is 7.66. The molecule has 0 unspecified atom stereocenters. The lowest BCUT2D eigenvalue weighted by molar-refractivity contribution is -0.114. The molecule has 5 nitrogen and oxygen atoms in total. The fraction of sp³-hybridized carbons (Fsp3) is 0.250. The fourth-order valence-electron chi connectivity index (χ4n) is 3.33. The van der Waals surface area contributed by atoms with Crippen molar-refractivity contribution in [2.24, 2.45) is 0 Å². The second-order valence-electron chi connectivity index (χ2n) is 6.58. The number of aryl methyl sites for hydroxylation is 2. The topological polar surface area (TPSA) is 64.0 Å². The zero-order valence-corrected chi connectivity index (χ0v) is 15.7. The van der Waals surface area contributed by atoms with E-state index in [4.69, 9.17) is 4.98 Å². The zero-order chi connectivity index (χ0) is 18.4. The Morgan fingerprint density at radius 3 is 2.69 bits per heavy atom. The molecule has 3 heterocycles. The van der Waals surface area contributed by atoms with E-state index in [2.05, 4.69) is 11.4 Å². The highest BCUT2D eigenvalue weighted by Crippen LogP contribution is 2.32. The molecule has 1 aliphatic heterocycles. The van der Waals surface area contributed by atoms with Crippen LogP contribution in [0.3, 0.4) is 0 Å². The summed E-state index contributed by atoms with van der Waals surface area (Å²) in [7, 11) is 0. The Labute approximate surface area is 155 Å². The molecule has 6 heteroatoms. The molecule has 26 heavy (non-hydrogen) atoms. The first kappa shape index (κ1) is 16.7. The van der Waals surface area contributed by atoms with Crippen LogP contribution in [0.25, 0.3) is 21.9 Å². The zero-order valence-electron chi connectivity index (χ0n) is 14.9. The van der Waals surface area contributed by atoms with Gasteiger partial charge in [-0.15, -0.1) is 11.3 Å². The minimum absolute atomic E-state index is 0.0660. The molecular weight excluding hydrogens is 346 g/mol. The van der Waals surface area contributed by atoms with E-state index in [1.807, 2.05) is 38.1 Å². The summed E-state index contributed by atoms with van der Waals surface area (Å²) in [5.41, 5.74) is 3.97. The highest BCUT2D eigenvalue weighted by atomic mass is 32.1. The summed E-state index contributed by atoms with van der Waals surface area (Å²) in [4.78, 5) is 30.7. The van der Waals surface area contributed by atoms with Crippen molar-refractivity contribution in [2.75, 3.05) is 5.32 Å². The fourth-order valence-corrected chi connectivity index (χ4v) is 4.35. The number of fused-ring (bicyclic) bond motifs is 2. The number of rotatable bonds is 2. The number of benzene rings is 1. The second-order valence-corrected chi connectivity index (χ2v) is 7.78. The van der Waals surface area contributed by atoms with E-state index in [0.29, 0.717) is 6.54 Å². The molecule has 0 fully saturated rings. The van der Waals surface area contributed by atoms with Gasteiger partial charge in [0.25, 0.3) is 5.56 Å². The largest absolute Gasteiger partial charge is 0.326 e. The van der Waals surface area contributed by atoms with Gasteiger partial charge >= 0.3 is 0 Å². The van der Waals surface area contributed by atoms with Gasteiger partial charge in [0.2, 0.25) is 5.91 Å². The predicted octanol–water partition coefficient (Wildman–Crippen LogP) is 3.98.